The van der Waals surface area contributed by atoms with Gasteiger partial charge in [0.25, 0.3) is 0 Å². The fourth-order valence-electron chi connectivity index (χ4n) is 2.17. The molecule has 112 valence electrons. The number of anilines is 1. The molecule has 1 atom stereocenters. The molecule has 1 aliphatic rings. The second-order valence-corrected chi connectivity index (χ2v) is 9.17. The molecule has 0 radical (unpaired) electrons. The van der Waals surface area contributed by atoms with Crippen molar-refractivity contribution in [3.05, 3.63) is 25.6 Å². The van der Waals surface area contributed by atoms with Crippen molar-refractivity contribution in [2.45, 2.75) is 25.3 Å². The lowest BCUT2D eigenvalue weighted by Gasteiger charge is -2.23. The Morgan fingerprint density at radius 2 is 1.85 bits per heavy atom. The summed E-state index contributed by atoms with van der Waals surface area (Å²) < 4.78 is 29.4. The fraction of sp³-hybridized carbons (Fsp3) is 0.500. The largest absolute Gasteiger partial charge is 0.313 e. The van der Waals surface area contributed by atoms with Crippen LogP contribution in [0.5, 0.6) is 0 Å². The van der Waals surface area contributed by atoms with E-state index >= 15 is 0 Å². The van der Waals surface area contributed by atoms with Crippen LogP contribution < -0.4 is 10.0 Å². The molecule has 1 aromatic carbocycles. The van der Waals surface area contributed by atoms with E-state index in [1.807, 2.05) is 12.1 Å². The summed E-state index contributed by atoms with van der Waals surface area (Å²) in [5.74, 6) is 0.0992. The van der Waals surface area contributed by atoms with Crippen molar-refractivity contribution < 1.29 is 8.42 Å². The number of piperidine rings is 1. The molecule has 0 aromatic heterocycles. The maximum Gasteiger partial charge on any atom is 0.234 e. The van der Waals surface area contributed by atoms with Crippen LogP contribution in [0.4, 0.5) is 5.69 Å². The summed E-state index contributed by atoms with van der Waals surface area (Å²) in [4.78, 5) is 0. The minimum atomic E-state index is -3.38. The first-order valence-corrected chi connectivity index (χ1v) is 10.3. The molecule has 4 nitrogen and oxygen atoms in total. The van der Waals surface area contributed by atoms with E-state index in [0.29, 0.717) is 14.6 Å². The lowest BCUT2D eigenvalue weighted by molar-refractivity contribution is 0.424. The van der Waals surface area contributed by atoms with E-state index < -0.39 is 10.0 Å². The van der Waals surface area contributed by atoms with Gasteiger partial charge in [0, 0.05) is 19.5 Å². The Labute approximate surface area is 144 Å². The Morgan fingerprint density at radius 3 is 2.40 bits per heavy atom. The van der Waals surface area contributed by atoms with Gasteiger partial charge in [-0.1, -0.05) is 22.4 Å². The van der Waals surface area contributed by atoms with Gasteiger partial charge < -0.3 is 5.32 Å². The van der Waals surface area contributed by atoms with Gasteiger partial charge in [-0.05, 0) is 63.4 Å². The molecule has 2 N–H and O–H groups in total. The zero-order valence-electron chi connectivity index (χ0n) is 10.6. The van der Waals surface area contributed by atoms with Crippen molar-refractivity contribution in [2.24, 2.45) is 0 Å². The molecule has 0 amide bonds. The zero-order chi connectivity index (χ0) is 14.8. The van der Waals surface area contributed by atoms with E-state index in [4.69, 9.17) is 0 Å². The van der Waals surface area contributed by atoms with Crippen LogP contribution in [0.1, 0.15) is 19.3 Å². The first-order valence-electron chi connectivity index (χ1n) is 6.26. The van der Waals surface area contributed by atoms with E-state index in [2.05, 4.69) is 57.8 Å². The Kier molecular flexibility index (Phi) is 5.93. The summed E-state index contributed by atoms with van der Waals surface area (Å²) in [5.41, 5.74) is 0.531. The molecule has 0 saturated carbocycles. The molecule has 20 heavy (non-hydrogen) atoms. The third-order valence-corrected chi connectivity index (χ3v) is 6.16. The average Bonchev–Trinajstić information content (AvgIpc) is 2.34. The Hall–Kier alpha value is 0.370. The number of hydrogen-bond acceptors (Lipinski definition) is 3. The van der Waals surface area contributed by atoms with Gasteiger partial charge in [0.15, 0.2) is 0 Å². The van der Waals surface area contributed by atoms with E-state index in [9.17, 15) is 8.42 Å². The van der Waals surface area contributed by atoms with Crippen LogP contribution in [0, 0.1) is 0 Å². The first-order chi connectivity index (χ1) is 9.37. The summed E-state index contributed by atoms with van der Waals surface area (Å²) in [7, 11) is -3.38. The Bertz CT molecular complexity index is 563. The highest BCUT2D eigenvalue weighted by Gasteiger charge is 2.22. The Morgan fingerprint density at radius 1 is 1.20 bits per heavy atom. The zero-order valence-corrected chi connectivity index (χ0v) is 16.2. The van der Waals surface area contributed by atoms with Crippen LogP contribution in [-0.4, -0.2) is 26.8 Å². The van der Waals surface area contributed by atoms with E-state index in [-0.39, 0.29) is 11.8 Å². The number of hydrogen-bond donors (Lipinski definition) is 2. The van der Waals surface area contributed by atoms with Crippen molar-refractivity contribution >= 4 is 63.5 Å². The van der Waals surface area contributed by atoms with Crippen LogP contribution in [0.2, 0.25) is 0 Å². The number of benzene rings is 1. The molecule has 8 heteroatoms. The summed E-state index contributed by atoms with van der Waals surface area (Å²) in [5, 5.41) is 3.25. The highest BCUT2D eigenvalue weighted by atomic mass is 79.9. The molecule has 0 spiro atoms. The van der Waals surface area contributed by atoms with Crippen molar-refractivity contribution in [1.29, 1.82) is 0 Å². The van der Waals surface area contributed by atoms with Gasteiger partial charge in [0.2, 0.25) is 10.0 Å². The third kappa shape index (κ3) is 4.69. The number of nitrogens with one attached hydrogen (secondary N) is 2. The van der Waals surface area contributed by atoms with Gasteiger partial charge >= 0.3 is 0 Å². The minimum Gasteiger partial charge on any atom is -0.313 e. The van der Waals surface area contributed by atoms with E-state index in [1.54, 1.807) is 0 Å². The topological polar surface area (TPSA) is 58.2 Å². The summed E-state index contributed by atoms with van der Waals surface area (Å²) >= 11 is 10.1. The van der Waals surface area contributed by atoms with Crippen LogP contribution in [-0.2, 0) is 10.0 Å². The van der Waals surface area contributed by atoms with Crippen molar-refractivity contribution in [3.8, 4) is 0 Å². The molecule has 1 aliphatic heterocycles. The molecule has 1 fully saturated rings. The van der Waals surface area contributed by atoms with Crippen LogP contribution in [0.25, 0.3) is 0 Å². The van der Waals surface area contributed by atoms with Gasteiger partial charge in [0.1, 0.15) is 0 Å². The molecular formula is C12H15Br3N2O2S. The number of halogens is 3. The maximum atomic E-state index is 12.3. The summed E-state index contributed by atoms with van der Waals surface area (Å²) in [6.45, 7) is 0.895. The molecule has 1 aromatic rings. The predicted octanol–water partition coefficient (Wildman–Crippen LogP) is 3.86. The summed E-state index contributed by atoms with van der Waals surface area (Å²) in [6, 6.07) is 3.65. The standard InChI is InChI=1S/C12H15Br3N2O2S/c13-8-5-10(14)12(11(15)6-8)17-20(18,19)7-9-3-1-2-4-16-9/h5-6,9,16-17H,1-4,7H2. The monoisotopic (exact) mass is 488 g/mol. The number of rotatable bonds is 4. The SMILES string of the molecule is O=S(=O)(CC1CCCCN1)Nc1c(Br)cc(Br)cc1Br. The molecule has 2 rings (SSSR count). The third-order valence-electron chi connectivity index (χ3n) is 3.10. The van der Waals surface area contributed by atoms with Crippen molar-refractivity contribution in [1.82, 2.24) is 5.32 Å². The molecule has 1 saturated heterocycles. The Balaban J connectivity index is 2.11. The van der Waals surface area contributed by atoms with Gasteiger partial charge in [-0.15, -0.1) is 0 Å². The van der Waals surface area contributed by atoms with E-state index in [0.717, 1.165) is 30.3 Å². The lowest BCUT2D eigenvalue weighted by Crippen LogP contribution is -2.40. The van der Waals surface area contributed by atoms with Crippen molar-refractivity contribution in [3.63, 3.8) is 0 Å². The lowest BCUT2D eigenvalue weighted by atomic mass is 10.1. The van der Waals surface area contributed by atoms with Gasteiger partial charge in [-0.25, -0.2) is 8.42 Å². The minimum absolute atomic E-state index is 0.0363. The van der Waals surface area contributed by atoms with Crippen LogP contribution >= 0.6 is 47.8 Å². The molecule has 1 heterocycles. The van der Waals surface area contributed by atoms with Gasteiger partial charge in [0.05, 0.1) is 11.4 Å². The second kappa shape index (κ2) is 7.09. The molecule has 0 aliphatic carbocycles. The van der Waals surface area contributed by atoms with Crippen LogP contribution in [0.15, 0.2) is 25.6 Å². The van der Waals surface area contributed by atoms with E-state index in [1.165, 1.54) is 0 Å². The number of sulfonamides is 1. The van der Waals surface area contributed by atoms with Gasteiger partial charge in [-0.2, -0.15) is 0 Å². The highest BCUT2D eigenvalue weighted by molar-refractivity contribution is 9.11. The molecule has 1 unspecified atom stereocenters. The first kappa shape index (κ1) is 16.7. The van der Waals surface area contributed by atoms with Crippen molar-refractivity contribution in [2.75, 3.05) is 17.0 Å². The predicted molar refractivity (Wildman–Crippen MR) is 92.6 cm³/mol. The van der Waals surface area contributed by atoms with Gasteiger partial charge in [-0.3, -0.25) is 4.72 Å². The maximum absolute atomic E-state index is 12.3. The summed E-state index contributed by atoms with van der Waals surface area (Å²) in [6.07, 6.45) is 3.11. The normalized spacial score (nSPS) is 19.9. The fourth-order valence-corrected chi connectivity index (χ4v) is 6.32. The smallest absolute Gasteiger partial charge is 0.234 e. The average molecular weight is 491 g/mol. The quantitative estimate of drug-likeness (QED) is 0.674. The van der Waals surface area contributed by atoms with Crippen LogP contribution in [0.3, 0.4) is 0 Å². The second-order valence-electron chi connectivity index (χ2n) is 4.77. The highest BCUT2D eigenvalue weighted by Crippen LogP contribution is 2.35. The molecule has 0 bridgehead atoms. The molecular weight excluding hydrogens is 476 g/mol.